The van der Waals surface area contributed by atoms with Crippen LogP contribution < -0.4 is 16.4 Å². The van der Waals surface area contributed by atoms with Crippen LogP contribution in [0.4, 0.5) is 10.1 Å². The van der Waals surface area contributed by atoms with Crippen molar-refractivity contribution in [2.45, 2.75) is 51.6 Å². The van der Waals surface area contributed by atoms with Crippen molar-refractivity contribution in [3.8, 4) is 0 Å². The predicted molar refractivity (Wildman–Crippen MR) is 109 cm³/mol. The van der Waals surface area contributed by atoms with Gasteiger partial charge in [-0.2, -0.15) is 0 Å². The molecule has 2 heterocycles. The molecule has 2 amide bonds. The van der Waals surface area contributed by atoms with Crippen molar-refractivity contribution in [2.24, 2.45) is 5.92 Å². The summed E-state index contributed by atoms with van der Waals surface area (Å²) in [5, 5.41) is 9.21. The molecular weight excluding hydrogens is 407 g/mol. The number of nitrogens with zero attached hydrogens (tertiary/aromatic N) is 2. The maximum absolute atomic E-state index is 14.6. The molecule has 0 atom stereocenters. The zero-order chi connectivity index (χ0) is 22.1. The third-order valence-corrected chi connectivity index (χ3v) is 5.55. The Balaban J connectivity index is 1.38. The Hall–Kier alpha value is -3.43. The quantitative estimate of drug-likeness (QED) is 0.641. The van der Waals surface area contributed by atoms with Gasteiger partial charge in [-0.1, -0.05) is 5.16 Å². The molecule has 2 N–H and O–H groups in total. The van der Waals surface area contributed by atoms with Gasteiger partial charge >= 0.3 is 5.76 Å². The fourth-order valence-electron chi connectivity index (χ4n) is 3.99. The number of aromatic nitrogens is 2. The average molecular weight is 430 g/mol. The Morgan fingerprint density at radius 1 is 1.23 bits per heavy atom. The Bertz CT molecular complexity index is 1160. The molecule has 1 aliphatic carbocycles. The van der Waals surface area contributed by atoms with E-state index in [1.165, 1.54) is 29.0 Å². The lowest BCUT2D eigenvalue weighted by atomic mass is 9.85. The van der Waals surface area contributed by atoms with Crippen LogP contribution in [0.2, 0.25) is 0 Å². The summed E-state index contributed by atoms with van der Waals surface area (Å²) in [4.78, 5) is 36.7. The maximum Gasteiger partial charge on any atom is 0.420 e. The van der Waals surface area contributed by atoms with Crippen molar-refractivity contribution >= 4 is 28.6 Å². The Morgan fingerprint density at radius 3 is 2.61 bits per heavy atom. The van der Waals surface area contributed by atoms with Gasteiger partial charge in [-0.05, 0) is 45.6 Å². The van der Waals surface area contributed by atoms with Crippen LogP contribution in [-0.2, 0) is 4.79 Å². The summed E-state index contributed by atoms with van der Waals surface area (Å²) >= 11 is 0. The van der Waals surface area contributed by atoms with Crippen LogP contribution in [0.1, 0.15) is 56.1 Å². The number of carbonyl (C=O) groups is 2. The van der Waals surface area contributed by atoms with Gasteiger partial charge in [0.25, 0.3) is 5.91 Å². The number of amides is 2. The van der Waals surface area contributed by atoms with E-state index in [4.69, 9.17) is 4.42 Å². The molecule has 2 aromatic heterocycles. The van der Waals surface area contributed by atoms with Crippen molar-refractivity contribution in [2.75, 3.05) is 5.32 Å². The van der Waals surface area contributed by atoms with Crippen molar-refractivity contribution in [1.29, 1.82) is 0 Å². The second-order valence-electron chi connectivity index (χ2n) is 8.03. The van der Waals surface area contributed by atoms with Gasteiger partial charge < -0.3 is 19.6 Å². The molecular formula is C21H23FN4O5. The van der Waals surface area contributed by atoms with Gasteiger partial charge in [0, 0.05) is 35.8 Å². The molecule has 3 aromatic rings. The van der Waals surface area contributed by atoms with Gasteiger partial charge in [0.15, 0.2) is 17.1 Å². The van der Waals surface area contributed by atoms with E-state index in [0.717, 1.165) is 0 Å². The van der Waals surface area contributed by atoms with Crippen molar-refractivity contribution in [3.63, 3.8) is 0 Å². The van der Waals surface area contributed by atoms with E-state index in [-0.39, 0.29) is 52.3 Å². The van der Waals surface area contributed by atoms with Gasteiger partial charge in [-0.15, -0.1) is 0 Å². The number of fused-ring (bicyclic) bond motifs is 1. The number of rotatable bonds is 5. The predicted octanol–water partition coefficient (Wildman–Crippen LogP) is 3.23. The number of oxazole rings is 1. The van der Waals surface area contributed by atoms with Gasteiger partial charge in [0.2, 0.25) is 5.91 Å². The van der Waals surface area contributed by atoms with Crippen molar-refractivity contribution in [1.82, 2.24) is 15.0 Å². The van der Waals surface area contributed by atoms with Crippen LogP contribution in [0.15, 0.2) is 38.2 Å². The molecule has 9 nitrogen and oxygen atoms in total. The van der Waals surface area contributed by atoms with E-state index < -0.39 is 11.6 Å². The van der Waals surface area contributed by atoms with E-state index in [1.807, 2.05) is 0 Å². The Kier molecular flexibility index (Phi) is 5.62. The fraction of sp³-hybridized carbons (Fsp3) is 0.429. The van der Waals surface area contributed by atoms with Crippen LogP contribution >= 0.6 is 0 Å². The minimum Gasteiger partial charge on any atom is -0.407 e. The largest absolute Gasteiger partial charge is 0.420 e. The number of halogens is 1. The molecule has 1 aromatic carbocycles. The summed E-state index contributed by atoms with van der Waals surface area (Å²) in [5.74, 6) is -2.07. The number of hydrogen-bond donors (Lipinski definition) is 2. The van der Waals surface area contributed by atoms with Gasteiger partial charge in [0.1, 0.15) is 11.8 Å². The summed E-state index contributed by atoms with van der Waals surface area (Å²) in [7, 11) is 0. The highest BCUT2D eigenvalue weighted by Gasteiger charge is 2.28. The fourth-order valence-corrected chi connectivity index (χ4v) is 3.99. The molecule has 31 heavy (non-hydrogen) atoms. The number of carbonyl (C=O) groups excluding carboxylic acids is 2. The lowest BCUT2D eigenvalue weighted by molar-refractivity contribution is -0.120. The first kappa shape index (κ1) is 20.8. The first-order valence-corrected chi connectivity index (χ1v) is 10.2. The smallest absolute Gasteiger partial charge is 0.407 e. The molecule has 0 bridgehead atoms. The van der Waals surface area contributed by atoms with Crippen LogP contribution in [0.3, 0.4) is 0 Å². The normalized spacial score (nSPS) is 19.0. The highest BCUT2D eigenvalue weighted by Crippen LogP contribution is 2.28. The van der Waals surface area contributed by atoms with Crippen LogP contribution in [0.25, 0.3) is 11.1 Å². The summed E-state index contributed by atoms with van der Waals surface area (Å²) in [5.41, 5.74) is 0.631. The molecule has 1 saturated carbocycles. The standard InChI is InChI=1S/C21H23FN4O5/c1-11(2)26-18-15(22)9-14(10-17(18)31-21(26)29)24-19(27)12-3-5-13(6-4-12)23-20(28)16-7-8-30-25-16/h7-13H,3-6H2,1-2H3,(H,23,28)(H,24,27). The number of anilines is 1. The molecule has 1 fully saturated rings. The zero-order valence-electron chi connectivity index (χ0n) is 17.2. The van der Waals surface area contributed by atoms with Gasteiger partial charge in [-0.3, -0.25) is 14.2 Å². The van der Waals surface area contributed by atoms with Gasteiger partial charge in [0.05, 0.1) is 0 Å². The molecule has 164 valence electrons. The highest BCUT2D eigenvalue weighted by molar-refractivity contribution is 5.94. The summed E-state index contributed by atoms with van der Waals surface area (Å²) < 4.78 is 25.7. The highest BCUT2D eigenvalue weighted by atomic mass is 19.1. The Morgan fingerprint density at radius 2 is 1.97 bits per heavy atom. The van der Waals surface area contributed by atoms with E-state index in [2.05, 4.69) is 20.3 Å². The van der Waals surface area contributed by atoms with Crippen LogP contribution in [-0.4, -0.2) is 27.6 Å². The third kappa shape index (κ3) is 4.23. The number of hydrogen-bond acceptors (Lipinski definition) is 6. The molecule has 0 unspecified atom stereocenters. The van der Waals surface area contributed by atoms with Crippen LogP contribution in [0, 0.1) is 11.7 Å². The summed E-state index contributed by atoms with van der Waals surface area (Å²) in [6.07, 6.45) is 3.78. The minimum atomic E-state index is -0.640. The van der Waals surface area contributed by atoms with E-state index in [0.29, 0.717) is 25.7 Å². The molecule has 10 heteroatoms. The molecule has 4 rings (SSSR count). The molecule has 0 spiro atoms. The monoisotopic (exact) mass is 430 g/mol. The first-order chi connectivity index (χ1) is 14.8. The first-order valence-electron chi connectivity index (χ1n) is 10.2. The lowest BCUT2D eigenvalue weighted by Gasteiger charge is -2.28. The summed E-state index contributed by atoms with van der Waals surface area (Å²) in [6, 6.07) is 3.83. The van der Waals surface area contributed by atoms with E-state index >= 15 is 0 Å². The third-order valence-electron chi connectivity index (χ3n) is 5.55. The van der Waals surface area contributed by atoms with Crippen LogP contribution in [0.5, 0.6) is 0 Å². The second-order valence-corrected chi connectivity index (χ2v) is 8.03. The summed E-state index contributed by atoms with van der Waals surface area (Å²) in [6.45, 7) is 3.52. The van der Waals surface area contributed by atoms with E-state index in [9.17, 15) is 18.8 Å². The zero-order valence-corrected chi connectivity index (χ0v) is 17.2. The number of benzene rings is 1. The minimum absolute atomic E-state index is 0.0490. The SMILES string of the molecule is CC(C)n1c(=O)oc2cc(NC(=O)C3CCC(NC(=O)c4ccon4)CC3)cc(F)c21. The van der Waals surface area contributed by atoms with E-state index in [1.54, 1.807) is 13.8 Å². The molecule has 0 saturated heterocycles. The average Bonchev–Trinajstić information content (AvgIpc) is 3.36. The molecule has 0 aliphatic heterocycles. The molecule has 1 aliphatic rings. The molecule has 0 radical (unpaired) electrons. The Labute approximate surface area is 176 Å². The van der Waals surface area contributed by atoms with Crippen molar-refractivity contribution < 1.29 is 22.9 Å². The topological polar surface area (TPSA) is 119 Å². The second kappa shape index (κ2) is 8.37. The maximum atomic E-state index is 14.6. The number of nitrogens with one attached hydrogen (secondary N) is 2. The van der Waals surface area contributed by atoms with Gasteiger partial charge in [-0.25, -0.2) is 9.18 Å². The van der Waals surface area contributed by atoms with Crippen molar-refractivity contribution in [3.05, 3.63) is 46.5 Å². The lowest BCUT2D eigenvalue weighted by Crippen LogP contribution is -2.39.